The van der Waals surface area contributed by atoms with Gasteiger partial charge >= 0.3 is 18.3 Å². The number of aliphatic hydroxyl groups is 1. The van der Waals surface area contributed by atoms with Gasteiger partial charge in [0.25, 0.3) is 12.0 Å². The van der Waals surface area contributed by atoms with Crippen molar-refractivity contribution >= 4 is 24.4 Å². The van der Waals surface area contributed by atoms with E-state index in [4.69, 9.17) is 30.3 Å². The SMILES string of the molecule is CC(C)OC(=O)[C@H](C)NP(=S)(OC[C@@]1(C(F)F)O[C@@H](n2cc(F)c(=O)[nH]c2=O)[C@@H](F)[C@@H]1O)Oc1ccccc1. The summed E-state index contributed by atoms with van der Waals surface area (Å²) < 4.78 is 79.2. The molecule has 0 amide bonds. The Morgan fingerprint density at radius 1 is 1.28 bits per heavy atom. The Bertz CT molecular complexity index is 1330. The maximum Gasteiger partial charge on any atom is 0.330 e. The van der Waals surface area contributed by atoms with Crippen LogP contribution in [0.3, 0.4) is 0 Å². The van der Waals surface area contributed by atoms with Crippen molar-refractivity contribution in [2.24, 2.45) is 0 Å². The number of aromatic nitrogens is 2. The van der Waals surface area contributed by atoms with Crippen LogP contribution in [0.5, 0.6) is 5.75 Å². The molecule has 3 N–H and O–H groups in total. The average molecular weight is 599 g/mol. The number of benzene rings is 1. The number of nitrogens with one attached hydrogen (secondary N) is 2. The Morgan fingerprint density at radius 2 is 1.92 bits per heavy atom. The van der Waals surface area contributed by atoms with Crippen molar-refractivity contribution in [2.75, 3.05) is 6.61 Å². The van der Waals surface area contributed by atoms with E-state index >= 15 is 4.39 Å². The number of nitrogens with zero attached hydrogens (tertiary/aromatic N) is 1. The second-order valence-electron chi connectivity index (χ2n) is 8.81. The van der Waals surface area contributed by atoms with E-state index in [0.29, 0.717) is 0 Å². The van der Waals surface area contributed by atoms with E-state index in [1.165, 1.54) is 19.1 Å². The van der Waals surface area contributed by atoms with Crippen molar-refractivity contribution in [2.45, 2.75) is 63.4 Å². The highest BCUT2D eigenvalue weighted by Gasteiger charge is 2.62. The van der Waals surface area contributed by atoms with Crippen molar-refractivity contribution in [3.8, 4) is 5.75 Å². The number of carbonyl (C=O) groups is 1. The zero-order valence-corrected chi connectivity index (χ0v) is 22.5. The molecule has 2 aromatic rings. The number of alkyl halides is 3. The van der Waals surface area contributed by atoms with Gasteiger partial charge in [0.05, 0.1) is 18.9 Å². The molecule has 0 bridgehead atoms. The molecule has 6 atom stereocenters. The summed E-state index contributed by atoms with van der Waals surface area (Å²) in [7, 11) is 0. The molecule has 39 heavy (non-hydrogen) atoms. The van der Waals surface area contributed by atoms with Gasteiger partial charge in [-0.05, 0) is 44.7 Å². The van der Waals surface area contributed by atoms with Crippen LogP contribution in [0.4, 0.5) is 17.6 Å². The first kappa shape index (κ1) is 30.9. The van der Waals surface area contributed by atoms with Crippen LogP contribution in [0, 0.1) is 5.82 Å². The fourth-order valence-electron chi connectivity index (χ4n) is 3.53. The molecule has 216 valence electrons. The van der Waals surface area contributed by atoms with Crippen molar-refractivity contribution in [3.63, 3.8) is 0 Å². The van der Waals surface area contributed by atoms with E-state index in [2.05, 4.69) is 5.09 Å². The lowest BCUT2D eigenvalue weighted by atomic mass is 9.97. The van der Waals surface area contributed by atoms with Crippen molar-refractivity contribution < 1.29 is 46.0 Å². The fourth-order valence-corrected chi connectivity index (χ4v) is 5.95. The molecule has 1 aromatic carbocycles. The normalized spacial score (nSPS) is 25.4. The van der Waals surface area contributed by atoms with Crippen molar-refractivity contribution in [3.05, 3.63) is 63.2 Å². The van der Waals surface area contributed by atoms with Gasteiger partial charge in [0.2, 0.25) is 5.82 Å². The molecule has 11 nitrogen and oxygen atoms in total. The predicted molar refractivity (Wildman–Crippen MR) is 132 cm³/mol. The lowest BCUT2D eigenvalue weighted by Gasteiger charge is -2.34. The topological polar surface area (TPSA) is 141 Å². The minimum Gasteiger partial charge on any atom is -0.462 e. The standard InChI is InChI=1S/C22H26F4N3O8PS/c1-11(2)35-19(32)12(3)28-38(39,37-13-7-5-4-6-8-13)34-10-22(20(25)26)16(30)15(24)18(36-22)29-9-14(23)17(31)27-21(29)33/h4-9,11-12,15-16,18,20,30H,10H2,1-3H3,(H,28,39)(H,27,31,33)/t12-,15-,16-,18+,22+,38?/m0/s1. The van der Waals surface area contributed by atoms with Crippen LogP contribution in [0.15, 0.2) is 46.1 Å². The second kappa shape index (κ2) is 12.3. The summed E-state index contributed by atoms with van der Waals surface area (Å²) in [4.78, 5) is 37.3. The summed E-state index contributed by atoms with van der Waals surface area (Å²) in [6.45, 7) is -0.651. The summed E-state index contributed by atoms with van der Waals surface area (Å²) >= 11 is 5.43. The highest BCUT2D eigenvalue weighted by molar-refractivity contribution is 8.09. The summed E-state index contributed by atoms with van der Waals surface area (Å²) in [6, 6.07) is 6.61. The molecule has 1 saturated heterocycles. The van der Waals surface area contributed by atoms with Gasteiger partial charge in [-0.1, -0.05) is 18.2 Å². The number of aromatic amines is 1. The second-order valence-corrected chi connectivity index (χ2v) is 11.9. The van der Waals surface area contributed by atoms with Gasteiger partial charge in [-0.15, -0.1) is 0 Å². The van der Waals surface area contributed by atoms with Crippen LogP contribution in [-0.2, 0) is 30.6 Å². The maximum atomic E-state index is 15.1. The third kappa shape index (κ3) is 6.94. The van der Waals surface area contributed by atoms with Crippen LogP contribution in [0.2, 0.25) is 0 Å². The number of aliphatic hydroxyl groups excluding tert-OH is 1. The van der Waals surface area contributed by atoms with Crippen LogP contribution in [-0.4, -0.2) is 63.7 Å². The van der Waals surface area contributed by atoms with E-state index in [0.717, 1.165) is 0 Å². The van der Waals surface area contributed by atoms with E-state index in [-0.39, 0.29) is 16.5 Å². The van der Waals surface area contributed by atoms with E-state index in [9.17, 15) is 32.7 Å². The number of H-pyrrole nitrogens is 1. The fraction of sp³-hybridized carbons (Fsp3) is 0.500. The van der Waals surface area contributed by atoms with Crippen LogP contribution >= 0.6 is 6.64 Å². The van der Waals surface area contributed by atoms with Gasteiger partial charge < -0.3 is 23.6 Å². The molecule has 0 aliphatic carbocycles. The van der Waals surface area contributed by atoms with Gasteiger partial charge in [0, 0.05) is 0 Å². The van der Waals surface area contributed by atoms with E-state index in [1.807, 2.05) is 0 Å². The maximum absolute atomic E-state index is 15.1. The monoisotopic (exact) mass is 599 g/mol. The number of hydrogen-bond acceptors (Lipinski definition) is 9. The molecule has 1 fully saturated rings. The molecule has 0 saturated carbocycles. The van der Waals surface area contributed by atoms with Crippen LogP contribution in [0.25, 0.3) is 0 Å². The first-order chi connectivity index (χ1) is 18.2. The molecule has 17 heteroatoms. The molecule has 2 heterocycles. The number of rotatable bonds is 11. The Kier molecular flexibility index (Phi) is 9.73. The number of para-hydroxylation sites is 1. The minimum atomic E-state index is -3.93. The van der Waals surface area contributed by atoms with Gasteiger partial charge in [0.15, 0.2) is 18.0 Å². The molecule has 1 aliphatic rings. The third-order valence-corrected chi connectivity index (χ3v) is 7.95. The number of ether oxygens (including phenoxy) is 2. The zero-order valence-electron chi connectivity index (χ0n) is 20.8. The Labute approximate surface area is 224 Å². The molecule has 1 aliphatic heterocycles. The highest BCUT2D eigenvalue weighted by atomic mass is 32.5. The number of esters is 1. The third-order valence-electron chi connectivity index (χ3n) is 5.47. The van der Waals surface area contributed by atoms with Gasteiger partial charge in [-0.25, -0.2) is 23.1 Å². The van der Waals surface area contributed by atoms with Crippen molar-refractivity contribution in [1.82, 2.24) is 14.6 Å². The first-order valence-corrected chi connectivity index (χ1v) is 14.1. The number of halogens is 4. The van der Waals surface area contributed by atoms with Gasteiger partial charge in [-0.2, -0.15) is 4.39 Å². The Morgan fingerprint density at radius 3 is 2.51 bits per heavy atom. The molecule has 1 aromatic heterocycles. The van der Waals surface area contributed by atoms with E-state index in [1.54, 1.807) is 37.0 Å². The average Bonchev–Trinajstić information content (AvgIpc) is 3.11. The van der Waals surface area contributed by atoms with E-state index < -0.39 is 79.0 Å². The number of hydrogen-bond donors (Lipinski definition) is 3. The van der Waals surface area contributed by atoms with Gasteiger partial charge in [-0.3, -0.25) is 19.1 Å². The Hall–Kier alpha value is -2.62. The lowest BCUT2D eigenvalue weighted by molar-refractivity contribution is -0.192. The summed E-state index contributed by atoms with van der Waals surface area (Å²) in [5.74, 6) is -2.15. The lowest BCUT2D eigenvalue weighted by Crippen LogP contribution is -2.52. The first-order valence-electron chi connectivity index (χ1n) is 11.5. The Balaban J connectivity index is 1.92. The zero-order chi connectivity index (χ0) is 29.1. The van der Waals surface area contributed by atoms with Gasteiger partial charge in [0.1, 0.15) is 17.9 Å². The largest absolute Gasteiger partial charge is 0.462 e. The summed E-state index contributed by atoms with van der Waals surface area (Å²) in [5.41, 5.74) is -5.92. The molecule has 1 unspecified atom stereocenters. The van der Waals surface area contributed by atoms with Crippen LogP contribution < -0.4 is 20.9 Å². The van der Waals surface area contributed by atoms with Crippen LogP contribution in [0.1, 0.15) is 27.0 Å². The minimum absolute atomic E-state index is 0.133. The summed E-state index contributed by atoms with van der Waals surface area (Å²) in [6.07, 6.45) is -11.4. The van der Waals surface area contributed by atoms with Crippen molar-refractivity contribution in [1.29, 1.82) is 0 Å². The molecule has 0 radical (unpaired) electrons. The number of carbonyl (C=O) groups excluding carboxylic acids is 1. The molecule has 3 rings (SSSR count). The quantitative estimate of drug-likeness (QED) is 0.200. The smallest absolute Gasteiger partial charge is 0.330 e. The molecule has 0 spiro atoms. The molecular formula is C22H26F4N3O8PS. The summed E-state index contributed by atoms with van der Waals surface area (Å²) in [5, 5.41) is 13.1. The molecular weight excluding hydrogens is 573 g/mol. The highest BCUT2D eigenvalue weighted by Crippen LogP contribution is 2.49. The predicted octanol–water partition coefficient (Wildman–Crippen LogP) is 2.16.